The molecule has 0 aliphatic heterocycles. The van der Waals surface area contributed by atoms with Crippen LogP contribution in [0.2, 0.25) is 0 Å². The van der Waals surface area contributed by atoms with E-state index >= 15 is 0 Å². The molecule has 0 heteroatoms. The molecule has 0 radical (unpaired) electrons. The van der Waals surface area contributed by atoms with Crippen molar-refractivity contribution in [2.45, 2.75) is 44.9 Å². The highest BCUT2D eigenvalue weighted by molar-refractivity contribution is 5.91. The van der Waals surface area contributed by atoms with Crippen molar-refractivity contribution in [3.63, 3.8) is 0 Å². The average molecular weight is 627 g/mol. The van der Waals surface area contributed by atoms with Gasteiger partial charge in [-0.15, -0.1) is 0 Å². The molecule has 0 saturated heterocycles. The Morgan fingerprint density at radius 2 is 0.776 bits per heavy atom. The molecule has 0 fully saturated rings. The average Bonchev–Trinajstić information content (AvgIpc) is 3.71. The van der Waals surface area contributed by atoms with Crippen LogP contribution in [0, 0.1) is 0 Å². The molecule has 0 N–H and O–H groups in total. The molecule has 7 aromatic rings. The van der Waals surface area contributed by atoms with E-state index in [1.807, 2.05) is 0 Å². The van der Waals surface area contributed by atoms with Crippen LogP contribution in [0.15, 0.2) is 146 Å². The predicted molar refractivity (Wildman–Crippen MR) is 206 cm³/mol. The SMILES string of the molecule is CC1(C)c2ccccc2-c2cc(-c3cc(-c4ccc5c(c4)-c4ccccc4C5(C)C)cc(-c4cccc5c4Cc4ccccc4-5)c3)ccc21. The molecule has 0 aromatic heterocycles. The Morgan fingerprint density at radius 3 is 1.37 bits per heavy atom. The van der Waals surface area contributed by atoms with Gasteiger partial charge in [-0.3, -0.25) is 0 Å². The van der Waals surface area contributed by atoms with Crippen LogP contribution >= 0.6 is 0 Å². The monoisotopic (exact) mass is 626 g/mol. The summed E-state index contributed by atoms with van der Waals surface area (Å²) in [7, 11) is 0. The summed E-state index contributed by atoms with van der Waals surface area (Å²) >= 11 is 0. The quantitative estimate of drug-likeness (QED) is 0.183. The lowest BCUT2D eigenvalue weighted by Gasteiger charge is -2.22. The fourth-order valence-electron chi connectivity index (χ4n) is 9.34. The molecule has 10 rings (SSSR count). The summed E-state index contributed by atoms with van der Waals surface area (Å²) in [4.78, 5) is 0. The molecule has 234 valence electrons. The van der Waals surface area contributed by atoms with E-state index in [4.69, 9.17) is 0 Å². The van der Waals surface area contributed by atoms with Gasteiger partial charge in [0.1, 0.15) is 0 Å². The van der Waals surface area contributed by atoms with Gasteiger partial charge in [0, 0.05) is 10.8 Å². The number of rotatable bonds is 3. The maximum absolute atomic E-state index is 2.44. The zero-order chi connectivity index (χ0) is 33.1. The van der Waals surface area contributed by atoms with Crippen molar-refractivity contribution in [3.8, 4) is 66.8 Å². The van der Waals surface area contributed by atoms with Crippen molar-refractivity contribution in [2.75, 3.05) is 0 Å². The van der Waals surface area contributed by atoms with E-state index in [-0.39, 0.29) is 10.8 Å². The van der Waals surface area contributed by atoms with Gasteiger partial charge in [-0.2, -0.15) is 0 Å². The third-order valence-corrected chi connectivity index (χ3v) is 11.9. The first-order valence-electron chi connectivity index (χ1n) is 17.6. The standard InChI is InChI=1S/C49H38/c1-48(2)44-18-9-7-14-39(44)42-27-30(20-22-46(42)48)33-24-34(31-21-23-47-43(28-31)40-15-8-10-19-45(40)49(47,3)4)26-35(25-33)37-16-11-17-38-36-13-6-5-12-32(36)29-41(37)38/h5-28H,29H2,1-4H3. The second-order valence-corrected chi connectivity index (χ2v) is 15.3. The van der Waals surface area contributed by atoms with Crippen LogP contribution in [-0.2, 0) is 17.3 Å². The van der Waals surface area contributed by atoms with Crippen molar-refractivity contribution in [3.05, 3.63) is 179 Å². The van der Waals surface area contributed by atoms with Gasteiger partial charge < -0.3 is 0 Å². The number of benzene rings is 7. The minimum atomic E-state index is -0.00838. The van der Waals surface area contributed by atoms with Crippen LogP contribution in [0.1, 0.15) is 61.1 Å². The van der Waals surface area contributed by atoms with Crippen LogP contribution in [0.4, 0.5) is 0 Å². The fraction of sp³-hybridized carbons (Fsp3) is 0.143. The van der Waals surface area contributed by atoms with Crippen molar-refractivity contribution in [1.29, 1.82) is 0 Å². The lowest BCUT2D eigenvalue weighted by Crippen LogP contribution is -2.14. The van der Waals surface area contributed by atoms with Crippen LogP contribution in [0.3, 0.4) is 0 Å². The van der Waals surface area contributed by atoms with Crippen molar-refractivity contribution in [1.82, 2.24) is 0 Å². The van der Waals surface area contributed by atoms with Gasteiger partial charge in [-0.1, -0.05) is 143 Å². The third-order valence-electron chi connectivity index (χ3n) is 11.9. The smallest absolute Gasteiger partial charge is 0.0158 e. The van der Waals surface area contributed by atoms with E-state index in [1.165, 1.54) is 100 Å². The van der Waals surface area contributed by atoms with Crippen LogP contribution in [0.25, 0.3) is 66.8 Å². The van der Waals surface area contributed by atoms with Gasteiger partial charge in [0.15, 0.2) is 0 Å². The Morgan fingerprint density at radius 1 is 0.327 bits per heavy atom. The summed E-state index contributed by atoms with van der Waals surface area (Å²) in [5.41, 5.74) is 24.3. The number of hydrogen-bond donors (Lipinski definition) is 0. The van der Waals surface area contributed by atoms with E-state index in [9.17, 15) is 0 Å². The first-order chi connectivity index (χ1) is 23.8. The molecule has 0 nitrogen and oxygen atoms in total. The van der Waals surface area contributed by atoms with Gasteiger partial charge in [-0.05, 0) is 137 Å². The molecular formula is C49H38. The zero-order valence-electron chi connectivity index (χ0n) is 28.6. The Balaban J connectivity index is 1.18. The Labute approximate surface area is 289 Å². The summed E-state index contributed by atoms with van der Waals surface area (Å²) in [6.45, 7) is 9.43. The zero-order valence-corrected chi connectivity index (χ0v) is 28.6. The summed E-state index contributed by atoms with van der Waals surface area (Å²) in [6, 6.07) is 55.3. The molecule has 7 aromatic carbocycles. The van der Waals surface area contributed by atoms with Gasteiger partial charge in [0.2, 0.25) is 0 Å². The number of fused-ring (bicyclic) bond motifs is 9. The molecule has 0 spiro atoms. The summed E-state index contributed by atoms with van der Waals surface area (Å²) in [5.74, 6) is 0. The second-order valence-electron chi connectivity index (χ2n) is 15.3. The molecule has 0 saturated carbocycles. The maximum Gasteiger partial charge on any atom is 0.0158 e. The van der Waals surface area contributed by atoms with Crippen molar-refractivity contribution >= 4 is 0 Å². The maximum atomic E-state index is 2.44. The lowest BCUT2D eigenvalue weighted by molar-refractivity contribution is 0.660. The highest BCUT2D eigenvalue weighted by Crippen LogP contribution is 2.52. The van der Waals surface area contributed by atoms with E-state index in [2.05, 4.69) is 173 Å². The first-order valence-corrected chi connectivity index (χ1v) is 17.6. The van der Waals surface area contributed by atoms with E-state index in [0.29, 0.717) is 0 Å². The highest BCUT2D eigenvalue weighted by atomic mass is 14.4. The van der Waals surface area contributed by atoms with E-state index in [1.54, 1.807) is 0 Å². The third kappa shape index (κ3) is 4.04. The van der Waals surface area contributed by atoms with Crippen molar-refractivity contribution < 1.29 is 0 Å². The molecule has 49 heavy (non-hydrogen) atoms. The number of hydrogen-bond acceptors (Lipinski definition) is 0. The Hall–Kier alpha value is -5.46. The molecule has 3 aliphatic carbocycles. The minimum absolute atomic E-state index is 0.00838. The second kappa shape index (κ2) is 10.0. The lowest BCUT2D eigenvalue weighted by atomic mass is 9.81. The summed E-state index contributed by atoms with van der Waals surface area (Å²) in [6.07, 6.45) is 0.969. The minimum Gasteiger partial charge on any atom is -0.0619 e. The summed E-state index contributed by atoms with van der Waals surface area (Å²) in [5, 5.41) is 0. The predicted octanol–water partition coefficient (Wildman–Crippen LogP) is 12.9. The molecule has 0 atom stereocenters. The molecule has 3 aliphatic rings. The molecule has 0 heterocycles. The van der Waals surface area contributed by atoms with Gasteiger partial charge in [0.05, 0.1) is 0 Å². The van der Waals surface area contributed by atoms with E-state index < -0.39 is 0 Å². The van der Waals surface area contributed by atoms with Gasteiger partial charge in [-0.25, -0.2) is 0 Å². The Kier molecular flexibility index (Phi) is 5.84. The fourth-order valence-corrected chi connectivity index (χ4v) is 9.34. The van der Waals surface area contributed by atoms with Gasteiger partial charge in [0.25, 0.3) is 0 Å². The molecule has 0 unspecified atom stereocenters. The highest BCUT2D eigenvalue weighted by Gasteiger charge is 2.36. The molecule has 0 bridgehead atoms. The largest absolute Gasteiger partial charge is 0.0619 e. The molecule has 0 amide bonds. The first kappa shape index (κ1) is 28.5. The van der Waals surface area contributed by atoms with Crippen LogP contribution in [-0.4, -0.2) is 0 Å². The van der Waals surface area contributed by atoms with E-state index in [0.717, 1.165) is 6.42 Å². The van der Waals surface area contributed by atoms with Crippen LogP contribution in [0.5, 0.6) is 0 Å². The Bertz CT molecular complexity index is 2390. The topological polar surface area (TPSA) is 0 Å². The normalized spacial score (nSPS) is 15.2. The van der Waals surface area contributed by atoms with Gasteiger partial charge >= 0.3 is 0 Å². The van der Waals surface area contributed by atoms with Crippen molar-refractivity contribution in [2.24, 2.45) is 0 Å². The summed E-state index contributed by atoms with van der Waals surface area (Å²) < 4.78 is 0. The van der Waals surface area contributed by atoms with Crippen LogP contribution < -0.4 is 0 Å². The molecular weight excluding hydrogens is 589 g/mol.